The second kappa shape index (κ2) is 7.68. The van der Waals surface area contributed by atoms with Crippen molar-refractivity contribution in [2.75, 3.05) is 18.2 Å². The summed E-state index contributed by atoms with van der Waals surface area (Å²) in [6.45, 7) is 5.19. The highest BCUT2D eigenvalue weighted by molar-refractivity contribution is 7.99. The number of aliphatic carboxylic acids is 1. The molecule has 1 atom stereocenters. The molecule has 1 heterocycles. The van der Waals surface area contributed by atoms with Gasteiger partial charge in [-0.2, -0.15) is 0 Å². The zero-order valence-electron chi connectivity index (χ0n) is 12.8. The molecule has 0 saturated carbocycles. The standard InChI is InChI=1S/C14H24N2O4S/c1-4-5-6-11(17)16-9-21-7-10(16)12(18)15-8-14(2,3)13(19)20/h10H,4-9H2,1-3H3,(H,15,18)(H,19,20). The van der Waals surface area contributed by atoms with E-state index in [-0.39, 0.29) is 18.4 Å². The van der Waals surface area contributed by atoms with Crippen LogP contribution in [-0.4, -0.2) is 52.0 Å². The minimum absolute atomic E-state index is 0.000468. The topological polar surface area (TPSA) is 86.7 Å². The van der Waals surface area contributed by atoms with Gasteiger partial charge in [0.15, 0.2) is 0 Å². The Morgan fingerprint density at radius 2 is 2.05 bits per heavy atom. The Morgan fingerprint density at radius 1 is 1.38 bits per heavy atom. The molecular weight excluding hydrogens is 292 g/mol. The third-order valence-corrected chi connectivity index (χ3v) is 4.55. The monoisotopic (exact) mass is 316 g/mol. The molecule has 21 heavy (non-hydrogen) atoms. The van der Waals surface area contributed by atoms with Crippen LogP contribution < -0.4 is 5.32 Å². The van der Waals surface area contributed by atoms with Crippen LogP contribution in [0, 0.1) is 5.41 Å². The number of carboxylic acids is 1. The van der Waals surface area contributed by atoms with Gasteiger partial charge in [-0.25, -0.2) is 0 Å². The van der Waals surface area contributed by atoms with E-state index in [1.54, 1.807) is 30.5 Å². The Hall–Kier alpha value is -1.24. The molecule has 1 aliphatic heterocycles. The van der Waals surface area contributed by atoms with E-state index in [1.165, 1.54) is 0 Å². The summed E-state index contributed by atoms with van der Waals surface area (Å²) >= 11 is 1.55. The van der Waals surface area contributed by atoms with Gasteiger partial charge in [-0.05, 0) is 20.3 Å². The molecule has 0 bridgehead atoms. The van der Waals surface area contributed by atoms with E-state index in [0.29, 0.717) is 18.1 Å². The molecule has 0 radical (unpaired) electrons. The second-order valence-corrected chi connectivity index (χ2v) is 6.89. The predicted molar refractivity (Wildman–Crippen MR) is 81.9 cm³/mol. The van der Waals surface area contributed by atoms with E-state index in [2.05, 4.69) is 5.32 Å². The average molecular weight is 316 g/mol. The van der Waals surface area contributed by atoms with Crippen molar-refractivity contribution in [3.05, 3.63) is 0 Å². The number of nitrogens with one attached hydrogen (secondary N) is 1. The lowest BCUT2D eigenvalue weighted by Gasteiger charge is -2.25. The van der Waals surface area contributed by atoms with Gasteiger partial charge >= 0.3 is 5.97 Å². The number of thioether (sulfide) groups is 1. The van der Waals surface area contributed by atoms with Crippen molar-refractivity contribution in [2.24, 2.45) is 5.41 Å². The van der Waals surface area contributed by atoms with E-state index in [1.807, 2.05) is 6.92 Å². The molecule has 0 aliphatic carbocycles. The maximum Gasteiger partial charge on any atom is 0.310 e. The predicted octanol–water partition coefficient (Wildman–Crippen LogP) is 1.31. The summed E-state index contributed by atoms with van der Waals surface area (Å²) in [7, 11) is 0. The zero-order chi connectivity index (χ0) is 16.0. The average Bonchev–Trinajstić information content (AvgIpc) is 2.91. The van der Waals surface area contributed by atoms with Crippen LogP contribution in [0.15, 0.2) is 0 Å². The molecule has 1 unspecified atom stereocenters. The van der Waals surface area contributed by atoms with Crippen molar-refractivity contribution < 1.29 is 19.5 Å². The van der Waals surface area contributed by atoms with Gasteiger partial charge in [0.2, 0.25) is 11.8 Å². The fourth-order valence-electron chi connectivity index (χ4n) is 1.88. The van der Waals surface area contributed by atoms with Crippen molar-refractivity contribution >= 4 is 29.5 Å². The Labute approximate surface area is 129 Å². The molecule has 1 rings (SSSR count). The number of carbonyl (C=O) groups excluding carboxylic acids is 2. The van der Waals surface area contributed by atoms with Gasteiger partial charge in [0, 0.05) is 18.7 Å². The Kier molecular flexibility index (Phi) is 6.51. The van der Waals surface area contributed by atoms with Crippen molar-refractivity contribution in [2.45, 2.75) is 46.1 Å². The van der Waals surface area contributed by atoms with Gasteiger partial charge in [0.05, 0.1) is 11.3 Å². The summed E-state index contributed by atoms with van der Waals surface area (Å²) in [4.78, 5) is 36.9. The summed E-state index contributed by atoms with van der Waals surface area (Å²) in [5.41, 5.74) is -1.02. The number of hydrogen-bond acceptors (Lipinski definition) is 4. The number of carboxylic acid groups (broad SMARTS) is 1. The molecule has 0 aromatic carbocycles. The van der Waals surface area contributed by atoms with E-state index >= 15 is 0 Å². The fourth-order valence-corrected chi connectivity index (χ4v) is 3.06. The molecule has 120 valence electrons. The summed E-state index contributed by atoms with van der Waals surface area (Å²) in [5.74, 6) is -0.127. The van der Waals surface area contributed by atoms with Crippen molar-refractivity contribution in [1.82, 2.24) is 10.2 Å². The third kappa shape index (κ3) is 4.91. The molecule has 6 nitrogen and oxygen atoms in total. The lowest BCUT2D eigenvalue weighted by molar-refractivity contribution is -0.147. The van der Waals surface area contributed by atoms with Gasteiger partial charge in [-0.3, -0.25) is 14.4 Å². The summed E-state index contributed by atoms with van der Waals surface area (Å²) < 4.78 is 0. The normalized spacial score (nSPS) is 18.6. The molecule has 2 amide bonds. The number of amides is 2. The van der Waals surface area contributed by atoms with Crippen LogP contribution in [-0.2, 0) is 14.4 Å². The fraction of sp³-hybridized carbons (Fsp3) is 0.786. The molecule has 0 spiro atoms. The van der Waals surface area contributed by atoms with E-state index in [0.717, 1.165) is 12.8 Å². The van der Waals surface area contributed by atoms with Gasteiger partial charge < -0.3 is 15.3 Å². The maximum absolute atomic E-state index is 12.2. The summed E-state index contributed by atoms with van der Waals surface area (Å²) in [6, 6.07) is -0.482. The van der Waals surface area contributed by atoms with Crippen molar-refractivity contribution in [1.29, 1.82) is 0 Å². The molecule has 1 saturated heterocycles. The highest BCUT2D eigenvalue weighted by Crippen LogP contribution is 2.23. The first-order chi connectivity index (χ1) is 9.79. The van der Waals surface area contributed by atoms with E-state index in [9.17, 15) is 14.4 Å². The van der Waals surface area contributed by atoms with E-state index in [4.69, 9.17) is 5.11 Å². The minimum Gasteiger partial charge on any atom is -0.481 e. The molecule has 2 N–H and O–H groups in total. The first-order valence-corrected chi connectivity index (χ1v) is 8.33. The Morgan fingerprint density at radius 3 is 2.62 bits per heavy atom. The number of carbonyl (C=O) groups is 3. The molecular formula is C14H24N2O4S. The van der Waals surface area contributed by atoms with Gasteiger partial charge in [0.25, 0.3) is 0 Å². The lowest BCUT2D eigenvalue weighted by Crippen LogP contribution is -2.50. The smallest absolute Gasteiger partial charge is 0.310 e. The lowest BCUT2D eigenvalue weighted by atomic mass is 9.94. The maximum atomic E-state index is 12.2. The van der Waals surface area contributed by atoms with Crippen LogP contribution in [0.2, 0.25) is 0 Å². The molecule has 1 fully saturated rings. The van der Waals surface area contributed by atoms with Crippen LogP contribution in [0.5, 0.6) is 0 Å². The molecule has 7 heteroatoms. The van der Waals surface area contributed by atoms with Crippen LogP contribution in [0.3, 0.4) is 0 Å². The van der Waals surface area contributed by atoms with Crippen LogP contribution >= 0.6 is 11.8 Å². The molecule has 1 aliphatic rings. The first-order valence-electron chi connectivity index (χ1n) is 7.18. The quantitative estimate of drug-likeness (QED) is 0.739. The van der Waals surface area contributed by atoms with Gasteiger partial charge in [0.1, 0.15) is 6.04 Å². The molecule has 0 aromatic heterocycles. The second-order valence-electron chi connectivity index (χ2n) is 5.89. The Balaban J connectivity index is 2.56. The first kappa shape index (κ1) is 17.8. The van der Waals surface area contributed by atoms with Gasteiger partial charge in [-0.15, -0.1) is 11.8 Å². The minimum atomic E-state index is -1.02. The summed E-state index contributed by atoms with van der Waals surface area (Å²) in [5, 5.41) is 11.7. The largest absolute Gasteiger partial charge is 0.481 e. The van der Waals surface area contributed by atoms with Crippen LogP contribution in [0.4, 0.5) is 0 Å². The van der Waals surface area contributed by atoms with Crippen LogP contribution in [0.25, 0.3) is 0 Å². The number of rotatable bonds is 7. The number of hydrogen-bond donors (Lipinski definition) is 2. The van der Waals surface area contributed by atoms with Gasteiger partial charge in [-0.1, -0.05) is 13.3 Å². The third-order valence-electron chi connectivity index (χ3n) is 3.53. The van der Waals surface area contributed by atoms with E-state index < -0.39 is 17.4 Å². The summed E-state index contributed by atoms with van der Waals surface area (Å²) in [6.07, 6.45) is 2.22. The van der Waals surface area contributed by atoms with Crippen molar-refractivity contribution in [3.8, 4) is 0 Å². The van der Waals surface area contributed by atoms with Crippen LogP contribution in [0.1, 0.15) is 40.0 Å². The highest BCUT2D eigenvalue weighted by Gasteiger charge is 2.35. The highest BCUT2D eigenvalue weighted by atomic mass is 32.2. The zero-order valence-corrected chi connectivity index (χ0v) is 13.7. The Bertz CT molecular complexity index is 412. The number of unbranched alkanes of at least 4 members (excludes halogenated alkanes) is 1. The number of nitrogens with zero attached hydrogens (tertiary/aromatic N) is 1. The van der Waals surface area contributed by atoms with Crippen molar-refractivity contribution in [3.63, 3.8) is 0 Å². The molecule has 0 aromatic rings. The SMILES string of the molecule is CCCCC(=O)N1CSCC1C(=O)NCC(C)(C)C(=O)O.